The van der Waals surface area contributed by atoms with E-state index in [1.807, 2.05) is 0 Å². The summed E-state index contributed by atoms with van der Waals surface area (Å²) in [6.07, 6.45) is -1.92. The van der Waals surface area contributed by atoms with Crippen molar-refractivity contribution in [2.75, 3.05) is 37.4 Å². The van der Waals surface area contributed by atoms with Crippen molar-refractivity contribution in [2.24, 2.45) is 10.9 Å². The molecule has 5 heterocycles. The molecule has 4 aliphatic rings. The second-order valence-corrected chi connectivity index (χ2v) is 10.7. The second-order valence-electron chi connectivity index (χ2n) is 10.7. The van der Waals surface area contributed by atoms with Crippen molar-refractivity contribution in [3.8, 4) is 23.1 Å². The normalized spacial score (nSPS) is 23.9. The Bertz CT molecular complexity index is 1550. The fourth-order valence-electron chi connectivity index (χ4n) is 5.62. The van der Waals surface area contributed by atoms with Gasteiger partial charge < -0.3 is 25.3 Å². The van der Waals surface area contributed by atoms with Gasteiger partial charge in [-0.05, 0) is 44.2 Å². The molecule has 1 saturated carbocycles. The predicted molar refractivity (Wildman–Crippen MR) is 140 cm³/mol. The van der Waals surface area contributed by atoms with E-state index in [0.29, 0.717) is 32.0 Å². The van der Waals surface area contributed by atoms with Crippen molar-refractivity contribution in [3.63, 3.8) is 0 Å². The van der Waals surface area contributed by atoms with Gasteiger partial charge in [-0.3, -0.25) is 4.99 Å². The van der Waals surface area contributed by atoms with Crippen molar-refractivity contribution in [1.82, 2.24) is 15.0 Å². The van der Waals surface area contributed by atoms with Crippen LogP contribution in [0.3, 0.4) is 0 Å². The number of aliphatic imine (C=N–C) groups is 1. The van der Waals surface area contributed by atoms with E-state index in [1.54, 1.807) is 13.1 Å². The van der Waals surface area contributed by atoms with Crippen LogP contribution in [0.1, 0.15) is 37.3 Å². The van der Waals surface area contributed by atoms with Gasteiger partial charge in [-0.2, -0.15) is 23.1 Å². The smallest absolute Gasteiger partial charge is 0.417 e. The van der Waals surface area contributed by atoms with Gasteiger partial charge in [-0.25, -0.2) is 13.8 Å². The lowest BCUT2D eigenvalue weighted by atomic mass is 9.75. The van der Waals surface area contributed by atoms with Crippen molar-refractivity contribution in [1.29, 1.82) is 0 Å². The van der Waals surface area contributed by atoms with E-state index in [2.05, 4.69) is 25.3 Å². The monoisotopic (exact) mass is 578 g/mol. The number of ether oxygens (including phenoxy) is 3. The van der Waals surface area contributed by atoms with E-state index in [-0.39, 0.29) is 35.2 Å². The number of nitrogens with one attached hydrogen (secondary N) is 1. The van der Waals surface area contributed by atoms with Gasteiger partial charge in [-0.1, -0.05) is 0 Å². The highest BCUT2D eigenvalue weighted by molar-refractivity contribution is 5.96. The van der Waals surface area contributed by atoms with E-state index in [1.165, 1.54) is 0 Å². The number of alkyl halides is 3. The summed E-state index contributed by atoms with van der Waals surface area (Å²) >= 11 is 0. The number of hydrogen-bond acceptors (Lipinski definition) is 9. The van der Waals surface area contributed by atoms with Crippen LogP contribution < -0.4 is 20.5 Å². The molecule has 2 bridgehead atoms. The van der Waals surface area contributed by atoms with Crippen molar-refractivity contribution >= 4 is 28.6 Å². The van der Waals surface area contributed by atoms with Crippen molar-refractivity contribution in [2.45, 2.75) is 51.0 Å². The van der Waals surface area contributed by atoms with Gasteiger partial charge in [0.15, 0.2) is 5.82 Å². The molecule has 3 N–H and O–H groups in total. The molecule has 3 aromatic rings. The van der Waals surface area contributed by atoms with Crippen LogP contribution in [0, 0.1) is 24.5 Å². The van der Waals surface area contributed by atoms with E-state index in [0.717, 1.165) is 25.8 Å². The number of benzene rings is 1. The van der Waals surface area contributed by atoms with Gasteiger partial charge in [0.2, 0.25) is 5.88 Å². The molecular formula is C27H27F5N6O3. The second kappa shape index (κ2) is 9.93. The number of halogens is 5. The fourth-order valence-corrected chi connectivity index (χ4v) is 5.62. The van der Waals surface area contributed by atoms with E-state index >= 15 is 4.39 Å². The molecule has 2 saturated heterocycles. The molecule has 3 aliphatic heterocycles. The maximum atomic E-state index is 16.4. The molecule has 0 amide bonds. The summed E-state index contributed by atoms with van der Waals surface area (Å²) in [6, 6.07) is 0.519. The minimum Gasteiger partial charge on any atom is -0.474 e. The third-order valence-corrected chi connectivity index (χ3v) is 7.62. The maximum absolute atomic E-state index is 16.4. The summed E-state index contributed by atoms with van der Waals surface area (Å²) in [6.45, 7) is 4.08. The Labute approximate surface area is 231 Å². The molecule has 1 atom stereocenters. The van der Waals surface area contributed by atoms with E-state index in [9.17, 15) is 17.6 Å². The number of anilines is 2. The van der Waals surface area contributed by atoms with Crippen LogP contribution >= 0.6 is 0 Å². The van der Waals surface area contributed by atoms with Crippen molar-refractivity contribution < 1.29 is 36.2 Å². The Morgan fingerprint density at radius 1 is 1.17 bits per heavy atom. The molecule has 1 aliphatic carbocycles. The summed E-state index contributed by atoms with van der Waals surface area (Å²) in [5, 5.41) is 3.08. The first-order chi connectivity index (χ1) is 19.5. The average molecular weight is 579 g/mol. The number of pyridine rings is 1. The SMILES string of the molecule is Cc1c(F)c(N)cc(-c2nc3c4c(nc(OCC56CC(CO5)C6)nc4c2F)NCCN=CCC(C)O3)c1C(F)(F)F. The van der Waals surface area contributed by atoms with Gasteiger partial charge >= 0.3 is 12.2 Å². The molecule has 1 unspecified atom stereocenters. The Hall–Kier alpha value is -3.81. The van der Waals surface area contributed by atoms with E-state index < -0.39 is 57.6 Å². The van der Waals surface area contributed by atoms with Gasteiger partial charge in [0.05, 0.1) is 24.4 Å². The summed E-state index contributed by atoms with van der Waals surface area (Å²) in [5.74, 6) is -2.06. The topological polar surface area (TPSA) is 117 Å². The molecule has 1 aromatic carbocycles. The Balaban J connectivity index is 1.57. The number of nitrogens with two attached hydrogens (primary N) is 1. The molecule has 14 heteroatoms. The molecule has 0 spiro atoms. The van der Waals surface area contributed by atoms with Crippen LogP contribution in [-0.4, -0.2) is 59.2 Å². The average Bonchev–Trinajstić information content (AvgIpc) is 3.49. The van der Waals surface area contributed by atoms with Crippen LogP contribution in [-0.2, 0) is 10.9 Å². The predicted octanol–water partition coefficient (Wildman–Crippen LogP) is 5.09. The highest BCUT2D eigenvalue weighted by Crippen LogP contribution is 2.49. The number of fused-ring (bicyclic) bond motifs is 1. The molecule has 3 fully saturated rings. The molecule has 218 valence electrons. The lowest BCUT2D eigenvalue weighted by Gasteiger charge is -2.34. The summed E-state index contributed by atoms with van der Waals surface area (Å²) in [5.41, 5.74) is 0.591. The van der Waals surface area contributed by atoms with Crippen LogP contribution in [0.15, 0.2) is 11.1 Å². The molecular weight excluding hydrogens is 551 g/mol. The summed E-state index contributed by atoms with van der Waals surface area (Å²) < 4.78 is 91.2. The van der Waals surface area contributed by atoms with Crippen molar-refractivity contribution in [3.05, 3.63) is 28.8 Å². The lowest BCUT2D eigenvalue weighted by Crippen LogP contribution is -2.42. The third kappa shape index (κ3) is 4.87. The standard InChI is InChI=1S/C27H27F5N6O3/c1-12-3-4-34-5-6-35-23-17-22(37-25(38-23)39-11-26-8-14(9-26)10-40-26)20(29)21(36-24(17)41-12)15-7-16(33)19(28)13(2)18(15)27(30,31)32/h4,7,12,14H,3,5-6,8-11,33H2,1-2H3,(H,35,37,38). The van der Waals surface area contributed by atoms with Crippen LogP contribution in [0.4, 0.5) is 33.5 Å². The van der Waals surface area contributed by atoms with Gasteiger partial charge in [0, 0.05) is 24.7 Å². The summed E-state index contributed by atoms with van der Waals surface area (Å²) in [7, 11) is 0. The Morgan fingerprint density at radius 2 is 1.95 bits per heavy atom. The van der Waals surface area contributed by atoms with Crippen LogP contribution in [0.25, 0.3) is 22.2 Å². The highest BCUT2D eigenvalue weighted by Gasteiger charge is 2.52. The molecule has 41 heavy (non-hydrogen) atoms. The zero-order chi connectivity index (χ0) is 29.1. The van der Waals surface area contributed by atoms with Gasteiger partial charge in [0.25, 0.3) is 0 Å². The zero-order valence-electron chi connectivity index (χ0n) is 22.2. The number of rotatable bonds is 4. The third-order valence-electron chi connectivity index (χ3n) is 7.62. The lowest BCUT2D eigenvalue weighted by molar-refractivity contribution is -0.137. The Morgan fingerprint density at radius 3 is 2.66 bits per heavy atom. The molecule has 2 aromatic heterocycles. The first-order valence-electron chi connectivity index (χ1n) is 13.2. The number of nitrogen functional groups attached to an aromatic ring is 1. The number of nitrogens with zero attached hydrogens (tertiary/aromatic N) is 4. The zero-order valence-corrected chi connectivity index (χ0v) is 22.2. The van der Waals surface area contributed by atoms with E-state index in [4.69, 9.17) is 19.9 Å². The quantitative estimate of drug-likeness (QED) is 0.325. The highest BCUT2D eigenvalue weighted by atomic mass is 19.4. The first kappa shape index (κ1) is 27.4. The minimum absolute atomic E-state index is 0.0201. The minimum atomic E-state index is -5.05. The molecule has 7 rings (SSSR count). The van der Waals surface area contributed by atoms with Gasteiger partial charge in [-0.15, -0.1) is 0 Å². The first-order valence-corrected chi connectivity index (χ1v) is 13.2. The van der Waals surface area contributed by atoms with Gasteiger partial charge in [0.1, 0.15) is 46.5 Å². The maximum Gasteiger partial charge on any atom is 0.417 e. The Kier molecular flexibility index (Phi) is 6.63. The van der Waals surface area contributed by atoms with Crippen LogP contribution in [0.2, 0.25) is 0 Å². The molecule has 0 radical (unpaired) electrons. The number of aromatic nitrogens is 3. The molecule has 9 nitrogen and oxygen atoms in total. The number of hydrogen-bond donors (Lipinski definition) is 2. The van der Waals surface area contributed by atoms with Crippen LogP contribution in [0.5, 0.6) is 11.9 Å². The largest absolute Gasteiger partial charge is 0.474 e. The summed E-state index contributed by atoms with van der Waals surface area (Å²) in [4.78, 5) is 17.2. The fraction of sp³-hybridized carbons (Fsp3) is 0.481.